The molecule has 2 rings (SSSR count). The third-order valence-corrected chi connectivity index (χ3v) is 5.01. The van der Waals surface area contributed by atoms with Gasteiger partial charge in [0.05, 0.1) is 12.1 Å². The van der Waals surface area contributed by atoms with Gasteiger partial charge in [-0.15, -0.1) is 0 Å². The Labute approximate surface area is 114 Å². The lowest BCUT2D eigenvalue weighted by atomic mass is 10.0. The zero-order valence-electron chi connectivity index (χ0n) is 11.2. The largest absolute Gasteiger partial charge is 0.336 e. The second-order valence-corrected chi connectivity index (χ2v) is 7.05. The van der Waals surface area contributed by atoms with Gasteiger partial charge in [-0.2, -0.15) is 0 Å². The van der Waals surface area contributed by atoms with Crippen LogP contribution in [-0.4, -0.2) is 42.9 Å². The van der Waals surface area contributed by atoms with E-state index in [1.165, 1.54) is 0 Å². The summed E-state index contributed by atoms with van der Waals surface area (Å²) in [4.78, 5) is 3.94. The molecule has 0 aliphatic carbocycles. The summed E-state index contributed by atoms with van der Waals surface area (Å²) in [6.07, 6.45) is 7.10. The van der Waals surface area contributed by atoms with Gasteiger partial charge in [-0.05, 0) is 38.8 Å². The number of nitrogens with one attached hydrogen (secondary N) is 2. The highest BCUT2D eigenvalue weighted by molar-refractivity contribution is 7.89. The minimum Gasteiger partial charge on any atom is -0.336 e. The molecule has 6 nitrogen and oxygen atoms in total. The third-order valence-electron chi connectivity index (χ3n) is 3.34. The standard InChI is InChI=1S/C12H22N4O2S/c1-11(8-16-7-6-14-10-16)15-19(17,18)9-12-2-4-13-5-3-12/h6-7,10-13,15H,2-5,8-9H2,1H3. The van der Waals surface area contributed by atoms with Crippen molar-refractivity contribution in [2.24, 2.45) is 5.92 Å². The molecule has 0 saturated carbocycles. The van der Waals surface area contributed by atoms with Crippen LogP contribution in [0.3, 0.4) is 0 Å². The molecular weight excluding hydrogens is 264 g/mol. The van der Waals surface area contributed by atoms with E-state index in [-0.39, 0.29) is 17.7 Å². The van der Waals surface area contributed by atoms with Gasteiger partial charge in [0.1, 0.15) is 0 Å². The van der Waals surface area contributed by atoms with Crippen LogP contribution in [0.15, 0.2) is 18.7 Å². The Morgan fingerprint density at radius 1 is 1.47 bits per heavy atom. The van der Waals surface area contributed by atoms with Crippen LogP contribution in [0.5, 0.6) is 0 Å². The van der Waals surface area contributed by atoms with Crippen molar-refractivity contribution in [1.82, 2.24) is 19.6 Å². The molecule has 0 bridgehead atoms. The summed E-state index contributed by atoms with van der Waals surface area (Å²) >= 11 is 0. The summed E-state index contributed by atoms with van der Waals surface area (Å²) in [7, 11) is -3.20. The number of nitrogens with zero attached hydrogens (tertiary/aromatic N) is 2. The lowest BCUT2D eigenvalue weighted by Gasteiger charge is -2.23. The summed E-state index contributed by atoms with van der Waals surface area (Å²) in [6, 6.07) is -0.124. The van der Waals surface area contributed by atoms with Gasteiger partial charge in [0.15, 0.2) is 0 Å². The first-order chi connectivity index (χ1) is 9.05. The van der Waals surface area contributed by atoms with Gasteiger partial charge in [0, 0.05) is 25.0 Å². The fraction of sp³-hybridized carbons (Fsp3) is 0.750. The minimum absolute atomic E-state index is 0.124. The molecule has 0 aromatic carbocycles. The number of hydrogen-bond acceptors (Lipinski definition) is 4. The van der Waals surface area contributed by atoms with E-state index in [4.69, 9.17) is 0 Å². The van der Waals surface area contributed by atoms with Crippen molar-refractivity contribution >= 4 is 10.0 Å². The first kappa shape index (κ1) is 14.5. The van der Waals surface area contributed by atoms with Crippen LogP contribution in [0, 0.1) is 5.92 Å². The van der Waals surface area contributed by atoms with E-state index in [0.29, 0.717) is 6.54 Å². The Balaban J connectivity index is 1.82. The van der Waals surface area contributed by atoms with Gasteiger partial charge in [-0.25, -0.2) is 18.1 Å². The number of piperidine rings is 1. The van der Waals surface area contributed by atoms with E-state index in [2.05, 4.69) is 15.0 Å². The van der Waals surface area contributed by atoms with Crippen molar-refractivity contribution in [3.8, 4) is 0 Å². The molecule has 108 valence electrons. The second-order valence-electron chi connectivity index (χ2n) is 5.25. The number of aromatic nitrogens is 2. The Kier molecular flexibility index (Phi) is 4.95. The first-order valence-corrected chi connectivity index (χ1v) is 8.37. The van der Waals surface area contributed by atoms with Crippen LogP contribution in [0.2, 0.25) is 0 Å². The SMILES string of the molecule is CC(Cn1ccnc1)NS(=O)(=O)CC1CCNCC1. The zero-order valence-corrected chi connectivity index (χ0v) is 12.1. The smallest absolute Gasteiger partial charge is 0.212 e. The Hall–Kier alpha value is -0.920. The van der Waals surface area contributed by atoms with Crippen LogP contribution < -0.4 is 10.0 Å². The topological polar surface area (TPSA) is 76.0 Å². The van der Waals surface area contributed by atoms with E-state index < -0.39 is 10.0 Å². The predicted octanol–water partition coefficient (Wildman–Crippen LogP) is 0.191. The van der Waals surface area contributed by atoms with Crippen molar-refractivity contribution < 1.29 is 8.42 Å². The van der Waals surface area contributed by atoms with Gasteiger partial charge >= 0.3 is 0 Å². The van der Waals surface area contributed by atoms with E-state index in [1.807, 2.05) is 17.7 Å². The second kappa shape index (κ2) is 6.49. The zero-order chi connectivity index (χ0) is 13.7. The van der Waals surface area contributed by atoms with Crippen molar-refractivity contribution in [3.63, 3.8) is 0 Å². The molecule has 1 aliphatic rings. The Morgan fingerprint density at radius 3 is 2.84 bits per heavy atom. The fourth-order valence-corrected chi connectivity index (χ4v) is 4.20. The average molecular weight is 286 g/mol. The lowest BCUT2D eigenvalue weighted by molar-refractivity contribution is 0.398. The molecule has 0 spiro atoms. The van der Waals surface area contributed by atoms with Gasteiger partial charge in [0.2, 0.25) is 10.0 Å². The van der Waals surface area contributed by atoms with E-state index in [0.717, 1.165) is 25.9 Å². The van der Waals surface area contributed by atoms with Gasteiger partial charge < -0.3 is 9.88 Å². The van der Waals surface area contributed by atoms with Crippen LogP contribution in [0.1, 0.15) is 19.8 Å². The van der Waals surface area contributed by atoms with Crippen LogP contribution >= 0.6 is 0 Å². The Morgan fingerprint density at radius 2 is 2.21 bits per heavy atom. The van der Waals surface area contributed by atoms with Gasteiger partial charge in [-0.1, -0.05) is 0 Å². The van der Waals surface area contributed by atoms with E-state index in [9.17, 15) is 8.42 Å². The maximum atomic E-state index is 12.1. The number of imidazole rings is 1. The summed E-state index contributed by atoms with van der Waals surface area (Å²) < 4.78 is 28.8. The monoisotopic (exact) mass is 286 g/mol. The quantitative estimate of drug-likeness (QED) is 0.783. The number of sulfonamides is 1. The molecular formula is C12H22N4O2S. The molecule has 1 unspecified atom stereocenters. The molecule has 0 radical (unpaired) electrons. The third kappa shape index (κ3) is 4.93. The first-order valence-electron chi connectivity index (χ1n) is 6.71. The van der Waals surface area contributed by atoms with E-state index >= 15 is 0 Å². The molecule has 1 atom stereocenters. The highest BCUT2D eigenvalue weighted by Crippen LogP contribution is 2.13. The fourth-order valence-electron chi connectivity index (χ4n) is 2.46. The molecule has 2 heterocycles. The molecule has 2 N–H and O–H groups in total. The molecule has 1 fully saturated rings. The van der Waals surface area contributed by atoms with Crippen molar-refractivity contribution in [2.45, 2.75) is 32.4 Å². The van der Waals surface area contributed by atoms with Gasteiger partial charge in [-0.3, -0.25) is 0 Å². The molecule has 1 saturated heterocycles. The average Bonchev–Trinajstić information content (AvgIpc) is 2.81. The highest BCUT2D eigenvalue weighted by atomic mass is 32.2. The minimum atomic E-state index is -3.20. The summed E-state index contributed by atoms with van der Waals surface area (Å²) in [5.41, 5.74) is 0. The van der Waals surface area contributed by atoms with Gasteiger partial charge in [0.25, 0.3) is 0 Å². The maximum absolute atomic E-state index is 12.1. The number of rotatable bonds is 6. The molecule has 1 aromatic heterocycles. The molecule has 1 aliphatic heterocycles. The summed E-state index contributed by atoms with van der Waals surface area (Å²) in [6.45, 7) is 4.32. The van der Waals surface area contributed by atoms with E-state index in [1.54, 1.807) is 12.5 Å². The molecule has 0 amide bonds. The maximum Gasteiger partial charge on any atom is 0.212 e. The van der Waals surface area contributed by atoms with Crippen molar-refractivity contribution in [1.29, 1.82) is 0 Å². The van der Waals surface area contributed by atoms with Crippen LogP contribution in [-0.2, 0) is 16.6 Å². The van der Waals surface area contributed by atoms with Crippen molar-refractivity contribution in [3.05, 3.63) is 18.7 Å². The number of hydrogen-bond donors (Lipinski definition) is 2. The summed E-state index contributed by atoms with van der Waals surface area (Å²) in [5, 5.41) is 3.25. The lowest BCUT2D eigenvalue weighted by Crippen LogP contribution is -2.40. The molecule has 7 heteroatoms. The Bertz CT molecular complexity index is 466. The molecule has 19 heavy (non-hydrogen) atoms. The predicted molar refractivity (Wildman–Crippen MR) is 74.2 cm³/mol. The molecule has 1 aromatic rings. The van der Waals surface area contributed by atoms with Crippen LogP contribution in [0.25, 0.3) is 0 Å². The highest BCUT2D eigenvalue weighted by Gasteiger charge is 2.22. The van der Waals surface area contributed by atoms with Crippen molar-refractivity contribution in [2.75, 3.05) is 18.8 Å². The summed E-state index contributed by atoms with van der Waals surface area (Å²) in [5.74, 6) is 0.516. The van der Waals surface area contributed by atoms with Crippen LogP contribution in [0.4, 0.5) is 0 Å². The normalized spacial score (nSPS) is 19.4.